The molecule has 1 atom stereocenters. The first-order chi connectivity index (χ1) is 8.96. The molecule has 1 nitrogen and oxygen atoms in total. The zero-order valence-corrected chi connectivity index (χ0v) is 11.6. The molecule has 2 aromatic rings. The van der Waals surface area contributed by atoms with Crippen LogP contribution in [0.25, 0.3) is 0 Å². The number of benzene rings is 2. The Bertz CT molecular complexity index is 549. The van der Waals surface area contributed by atoms with Gasteiger partial charge >= 0.3 is 0 Å². The average molecular weight is 278 g/mol. The summed E-state index contributed by atoms with van der Waals surface area (Å²) in [6, 6.07) is 14.4. The van der Waals surface area contributed by atoms with Crippen molar-refractivity contribution in [3.8, 4) is 0 Å². The number of hydrogen-bond donors (Lipinski definition) is 1. The van der Waals surface area contributed by atoms with Crippen LogP contribution in [0.3, 0.4) is 0 Å². The van der Waals surface area contributed by atoms with Crippen LogP contribution in [-0.4, -0.2) is 5.54 Å². The summed E-state index contributed by atoms with van der Waals surface area (Å²) in [7, 11) is 0. The van der Waals surface area contributed by atoms with Crippen LogP contribution in [-0.2, 0) is 12.8 Å². The van der Waals surface area contributed by atoms with E-state index >= 15 is 0 Å². The monoisotopic (exact) mass is 277 g/mol. The Labute approximate surface area is 118 Å². The van der Waals surface area contributed by atoms with Crippen LogP contribution in [0.2, 0.25) is 5.02 Å². The highest BCUT2D eigenvalue weighted by molar-refractivity contribution is 6.30. The Kier molecular flexibility index (Phi) is 4.23. The maximum absolute atomic E-state index is 13.6. The van der Waals surface area contributed by atoms with E-state index in [-0.39, 0.29) is 5.82 Å². The van der Waals surface area contributed by atoms with Gasteiger partial charge in [0.2, 0.25) is 0 Å². The fourth-order valence-corrected chi connectivity index (χ4v) is 2.33. The van der Waals surface area contributed by atoms with Gasteiger partial charge in [-0.25, -0.2) is 4.39 Å². The summed E-state index contributed by atoms with van der Waals surface area (Å²) in [5.74, 6) is -0.199. The molecule has 19 heavy (non-hydrogen) atoms. The van der Waals surface area contributed by atoms with E-state index < -0.39 is 5.54 Å². The van der Waals surface area contributed by atoms with E-state index in [2.05, 4.69) is 0 Å². The number of halogens is 2. The summed E-state index contributed by atoms with van der Waals surface area (Å²) < 4.78 is 13.6. The van der Waals surface area contributed by atoms with Crippen LogP contribution in [0, 0.1) is 5.82 Å². The van der Waals surface area contributed by atoms with Crippen molar-refractivity contribution in [1.82, 2.24) is 0 Å². The van der Waals surface area contributed by atoms with Gasteiger partial charge in [-0.05, 0) is 49.1 Å². The van der Waals surface area contributed by atoms with Gasteiger partial charge in [0.1, 0.15) is 5.82 Å². The highest BCUT2D eigenvalue weighted by Crippen LogP contribution is 2.19. The van der Waals surface area contributed by atoms with Gasteiger partial charge in [0.25, 0.3) is 0 Å². The molecule has 0 aromatic heterocycles. The summed E-state index contributed by atoms with van der Waals surface area (Å²) in [5.41, 5.74) is 7.55. The van der Waals surface area contributed by atoms with Gasteiger partial charge in [-0.2, -0.15) is 0 Å². The molecule has 0 aliphatic heterocycles. The molecule has 0 fully saturated rings. The quantitative estimate of drug-likeness (QED) is 0.899. The number of rotatable bonds is 4. The smallest absolute Gasteiger partial charge is 0.126 e. The molecular formula is C16H17ClFN. The van der Waals surface area contributed by atoms with E-state index in [4.69, 9.17) is 17.3 Å². The first-order valence-electron chi connectivity index (χ1n) is 6.23. The lowest BCUT2D eigenvalue weighted by Crippen LogP contribution is -2.41. The second-order valence-corrected chi connectivity index (χ2v) is 5.66. The molecule has 0 aliphatic rings. The topological polar surface area (TPSA) is 26.0 Å². The van der Waals surface area contributed by atoms with Gasteiger partial charge in [0, 0.05) is 10.6 Å². The molecule has 2 N–H and O–H groups in total. The maximum Gasteiger partial charge on any atom is 0.126 e. The molecule has 2 rings (SSSR count). The van der Waals surface area contributed by atoms with Gasteiger partial charge in [-0.15, -0.1) is 0 Å². The van der Waals surface area contributed by atoms with Crippen LogP contribution >= 0.6 is 11.6 Å². The number of nitrogens with two attached hydrogens (primary N) is 1. The standard InChI is InChI=1S/C16H17ClFN/c1-16(19,10-12-6-8-14(17)9-7-12)11-13-4-2-3-5-15(13)18/h2-9H,10-11,19H2,1H3. The van der Waals surface area contributed by atoms with Crippen molar-refractivity contribution in [1.29, 1.82) is 0 Å². The van der Waals surface area contributed by atoms with Crippen LogP contribution in [0.15, 0.2) is 48.5 Å². The SMILES string of the molecule is CC(N)(Cc1ccc(Cl)cc1)Cc1ccccc1F. The maximum atomic E-state index is 13.6. The minimum atomic E-state index is -0.490. The summed E-state index contributed by atoms with van der Waals surface area (Å²) in [5, 5.41) is 0.705. The second kappa shape index (κ2) is 5.72. The molecule has 0 saturated heterocycles. The molecule has 0 aliphatic carbocycles. The second-order valence-electron chi connectivity index (χ2n) is 5.23. The Hall–Kier alpha value is -1.38. The van der Waals surface area contributed by atoms with E-state index in [1.807, 2.05) is 37.3 Å². The molecule has 0 amide bonds. The van der Waals surface area contributed by atoms with Crippen molar-refractivity contribution in [2.45, 2.75) is 25.3 Å². The molecule has 0 heterocycles. The third-order valence-corrected chi connectivity index (χ3v) is 3.33. The molecule has 3 heteroatoms. The van der Waals surface area contributed by atoms with Crippen molar-refractivity contribution in [2.75, 3.05) is 0 Å². The lowest BCUT2D eigenvalue weighted by molar-refractivity contribution is 0.451. The van der Waals surface area contributed by atoms with Crippen molar-refractivity contribution < 1.29 is 4.39 Å². The number of hydrogen-bond acceptors (Lipinski definition) is 1. The normalized spacial score (nSPS) is 14.1. The largest absolute Gasteiger partial charge is 0.325 e. The van der Waals surface area contributed by atoms with Crippen molar-refractivity contribution in [2.24, 2.45) is 5.73 Å². The Balaban J connectivity index is 2.10. The summed E-state index contributed by atoms with van der Waals surface area (Å²) in [4.78, 5) is 0. The minimum absolute atomic E-state index is 0.199. The minimum Gasteiger partial charge on any atom is -0.325 e. The lowest BCUT2D eigenvalue weighted by atomic mass is 9.87. The van der Waals surface area contributed by atoms with Crippen LogP contribution < -0.4 is 5.73 Å². The van der Waals surface area contributed by atoms with E-state index in [9.17, 15) is 4.39 Å². The molecule has 2 aromatic carbocycles. The Morgan fingerprint density at radius 3 is 2.32 bits per heavy atom. The summed E-state index contributed by atoms with van der Waals surface area (Å²) in [6.07, 6.45) is 1.18. The Morgan fingerprint density at radius 2 is 1.68 bits per heavy atom. The molecule has 0 radical (unpaired) electrons. The molecule has 0 bridgehead atoms. The third kappa shape index (κ3) is 4.05. The molecular weight excluding hydrogens is 261 g/mol. The lowest BCUT2D eigenvalue weighted by Gasteiger charge is -2.25. The van der Waals surface area contributed by atoms with Gasteiger partial charge in [0.15, 0.2) is 0 Å². The summed E-state index contributed by atoms with van der Waals surface area (Å²) in [6.45, 7) is 1.94. The van der Waals surface area contributed by atoms with Crippen LogP contribution in [0.4, 0.5) is 4.39 Å². The van der Waals surface area contributed by atoms with Crippen LogP contribution in [0.5, 0.6) is 0 Å². The third-order valence-electron chi connectivity index (χ3n) is 3.07. The molecule has 0 spiro atoms. The van der Waals surface area contributed by atoms with E-state index in [1.165, 1.54) is 6.07 Å². The van der Waals surface area contributed by atoms with Gasteiger partial charge in [-0.1, -0.05) is 41.9 Å². The molecule has 100 valence electrons. The first-order valence-corrected chi connectivity index (χ1v) is 6.61. The van der Waals surface area contributed by atoms with E-state index in [1.54, 1.807) is 12.1 Å². The predicted octanol–water partition coefficient (Wildman–Crippen LogP) is 3.98. The average Bonchev–Trinajstić information content (AvgIpc) is 2.35. The predicted molar refractivity (Wildman–Crippen MR) is 77.9 cm³/mol. The van der Waals surface area contributed by atoms with E-state index in [0.29, 0.717) is 23.4 Å². The fraction of sp³-hybridized carbons (Fsp3) is 0.250. The van der Waals surface area contributed by atoms with Gasteiger partial charge in [0.05, 0.1) is 0 Å². The zero-order valence-electron chi connectivity index (χ0n) is 10.9. The fourth-order valence-electron chi connectivity index (χ4n) is 2.21. The van der Waals surface area contributed by atoms with Crippen molar-refractivity contribution >= 4 is 11.6 Å². The summed E-state index contributed by atoms with van der Waals surface area (Å²) >= 11 is 5.85. The van der Waals surface area contributed by atoms with Crippen molar-refractivity contribution in [3.63, 3.8) is 0 Å². The van der Waals surface area contributed by atoms with Gasteiger partial charge in [-0.3, -0.25) is 0 Å². The highest BCUT2D eigenvalue weighted by atomic mass is 35.5. The van der Waals surface area contributed by atoms with Crippen LogP contribution in [0.1, 0.15) is 18.1 Å². The van der Waals surface area contributed by atoms with Gasteiger partial charge < -0.3 is 5.73 Å². The van der Waals surface area contributed by atoms with Crippen molar-refractivity contribution in [3.05, 3.63) is 70.5 Å². The van der Waals surface area contributed by atoms with E-state index in [0.717, 1.165) is 5.56 Å². The zero-order chi connectivity index (χ0) is 13.9. The first kappa shape index (κ1) is 14.0. The molecule has 1 unspecified atom stereocenters. The highest BCUT2D eigenvalue weighted by Gasteiger charge is 2.21. The Morgan fingerprint density at radius 1 is 1.05 bits per heavy atom. The molecule has 0 saturated carbocycles.